The highest BCUT2D eigenvalue weighted by Gasteiger charge is 2.30. The SMILES string of the molecule is C=C(c1ccccc1)[C@H](CS(=O)(=O)c1ccccc1)[C@H](O)c1ccccc1. The van der Waals surface area contributed by atoms with Gasteiger partial charge >= 0.3 is 0 Å². The molecular weight excluding hydrogens is 356 g/mol. The first-order valence-corrected chi connectivity index (χ1v) is 10.4. The Morgan fingerprint density at radius 1 is 0.815 bits per heavy atom. The molecule has 0 spiro atoms. The van der Waals surface area contributed by atoms with E-state index in [0.29, 0.717) is 11.1 Å². The quantitative estimate of drug-likeness (QED) is 0.657. The van der Waals surface area contributed by atoms with Crippen LogP contribution in [-0.4, -0.2) is 19.3 Å². The normalized spacial score (nSPS) is 13.7. The molecule has 0 saturated carbocycles. The number of rotatable bonds is 7. The third-order valence-corrected chi connectivity index (χ3v) is 6.40. The highest BCUT2D eigenvalue weighted by molar-refractivity contribution is 7.91. The average Bonchev–Trinajstić information content (AvgIpc) is 2.73. The van der Waals surface area contributed by atoms with E-state index >= 15 is 0 Å². The average molecular weight is 378 g/mol. The van der Waals surface area contributed by atoms with Crippen LogP contribution in [-0.2, 0) is 9.84 Å². The summed E-state index contributed by atoms with van der Waals surface area (Å²) in [5.74, 6) is -0.888. The number of hydrogen-bond donors (Lipinski definition) is 1. The first kappa shape index (κ1) is 19.1. The minimum Gasteiger partial charge on any atom is -0.388 e. The number of aliphatic hydroxyl groups excluding tert-OH is 1. The Kier molecular flexibility index (Phi) is 5.89. The number of sulfone groups is 1. The van der Waals surface area contributed by atoms with Gasteiger partial charge in [-0.3, -0.25) is 0 Å². The Bertz CT molecular complexity index is 982. The van der Waals surface area contributed by atoms with Gasteiger partial charge in [-0.25, -0.2) is 8.42 Å². The van der Waals surface area contributed by atoms with Crippen LogP contribution in [0.3, 0.4) is 0 Å². The van der Waals surface area contributed by atoms with Crippen molar-refractivity contribution in [3.05, 3.63) is 109 Å². The van der Waals surface area contributed by atoms with Crippen molar-refractivity contribution >= 4 is 15.4 Å². The lowest BCUT2D eigenvalue weighted by Gasteiger charge is -2.26. The Morgan fingerprint density at radius 2 is 1.30 bits per heavy atom. The monoisotopic (exact) mass is 378 g/mol. The van der Waals surface area contributed by atoms with E-state index in [2.05, 4.69) is 6.58 Å². The van der Waals surface area contributed by atoms with Crippen LogP contribution in [0.25, 0.3) is 5.57 Å². The zero-order valence-corrected chi connectivity index (χ0v) is 15.7. The molecule has 3 nitrogen and oxygen atoms in total. The maximum atomic E-state index is 13.0. The van der Waals surface area contributed by atoms with Gasteiger partial charge in [0.25, 0.3) is 0 Å². The van der Waals surface area contributed by atoms with Gasteiger partial charge in [0, 0.05) is 5.92 Å². The van der Waals surface area contributed by atoms with Gasteiger partial charge in [0.05, 0.1) is 16.8 Å². The number of aliphatic hydroxyl groups is 1. The van der Waals surface area contributed by atoms with Crippen LogP contribution < -0.4 is 0 Å². The van der Waals surface area contributed by atoms with E-state index in [1.54, 1.807) is 42.5 Å². The summed E-state index contributed by atoms with van der Waals surface area (Å²) >= 11 is 0. The Labute approximate surface area is 160 Å². The topological polar surface area (TPSA) is 54.4 Å². The van der Waals surface area contributed by atoms with Gasteiger partial charge in [-0.05, 0) is 28.8 Å². The van der Waals surface area contributed by atoms with Crippen molar-refractivity contribution < 1.29 is 13.5 Å². The summed E-state index contributed by atoms with van der Waals surface area (Å²) in [6.07, 6.45) is -0.975. The van der Waals surface area contributed by atoms with E-state index in [1.807, 2.05) is 48.5 Å². The molecule has 0 amide bonds. The van der Waals surface area contributed by atoms with Crippen molar-refractivity contribution in [1.82, 2.24) is 0 Å². The van der Waals surface area contributed by atoms with Gasteiger partial charge < -0.3 is 5.11 Å². The summed E-state index contributed by atoms with van der Waals surface area (Å²) in [6.45, 7) is 4.13. The molecule has 0 unspecified atom stereocenters. The fourth-order valence-electron chi connectivity index (χ4n) is 3.09. The maximum absolute atomic E-state index is 13.0. The smallest absolute Gasteiger partial charge is 0.179 e. The van der Waals surface area contributed by atoms with E-state index in [1.165, 1.54) is 0 Å². The van der Waals surface area contributed by atoms with E-state index in [-0.39, 0.29) is 10.6 Å². The molecule has 3 rings (SSSR count). The molecule has 0 aliphatic rings. The molecule has 0 aliphatic heterocycles. The second kappa shape index (κ2) is 8.33. The molecule has 1 N–H and O–H groups in total. The molecule has 138 valence electrons. The van der Waals surface area contributed by atoms with Crippen molar-refractivity contribution in [1.29, 1.82) is 0 Å². The van der Waals surface area contributed by atoms with Gasteiger partial charge in [0.15, 0.2) is 9.84 Å². The molecule has 0 fully saturated rings. The van der Waals surface area contributed by atoms with Crippen molar-refractivity contribution in [3.8, 4) is 0 Å². The van der Waals surface area contributed by atoms with Gasteiger partial charge in [0.2, 0.25) is 0 Å². The standard InChI is InChI=1S/C23H22O3S/c1-18(19-11-5-2-6-12-19)22(23(24)20-13-7-3-8-14-20)17-27(25,26)21-15-9-4-10-16-21/h2-16,22-24H,1,17H2/t22-,23+/m0/s1. The minimum atomic E-state index is -3.59. The van der Waals surface area contributed by atoms with E-state index in [4.69, 9.17) is 0 Å². The van der Waals surface area contributed by atoms with Crippen molar-refractivity contribution in [3.63, 3.8) is 0 Å². The summed E-state index contributed by atoms with van der Waals surface area (Å²) in [5.41, 5.74) is 2.09. The highest BCUT2D eigenvalue weighted by Crippen LogP contribution is 2.35. The minimum absolute atomic E-state index is 0.221. The molecule has 3 aromatic carbocycles. The van der Waals surface area contributed by atoms with E-state index in [0.717, 1.165) is 5.56 Å². The maximum Gasteiger partial charge on any atom is 0.179 e. The second-order valence-electron chi connectivity index (χ2n) is 6.45. The van der Waals surface area contributed by atoms with E-state index in [9.17, 15) is 13.5 Å². The molecule has 0 bridgehead atoms. The molecule has 0 aromatic heterocycles. The zero-order chi connectivity index (χ0) is 19.3. The third kappa shape index (κ3) is 4.54. The fraction of sp³-hybridized carbons (Fsp3) is 0.130. The first-order chi connectivity index (χ1) is 13.0. The van der Waals surface area contributed by atoms with Crippen LogP contribution in [0.1, 0.15) is 17.2 Å². The van der Waals surface area contributed by atoms with Crippen LogP contribution in [0.5, 0.6) is 0 Å². The summed E-state index contributed by atoms with van der Waals surface area (Å²) in [4.78, 5) is 0.246. The Hall–Kier alpha value is -2.69. The molecule has 27 heavy (non-hydrogen) atoms. The summed E-state index contributed by atoms with van der Waals surface area (Å²) < 4.78 is 25.9. The van der Waals surface area contributed by atoms with Crippen LogP contribution in [0.4, 0.5) is 0 Å². The lowest BCUT2D eigenvalue weighted by Crippen LogP contribution is -2.24. The predicted octanol–water partition coefficient (Wildman–Crippen LogP) is 4.52. The van der Waals surface area contributed by atoms with Crippen LogP contribution in [0, 0.1) is 5.92 Å². The van der Waals surface area contributed by atoms with Crippen molar-refractivity contribution in [2.75, 3.05) is 5.75 Å². The lowest BCUT2D eigenvalue weighted by atomic mass is 9.87. The van der Waals surface area contributed by atoms with E-state index < -0.39 is 21.9 Å². The highest BCUT2D eigenvalue weighted by atomic mass is 32.2. The largest absolute Gasteiger partial charge is 0.388 e. The molecule has 0 aliphatic carbocycles. The third-order valence-electron chi connectivity index (χ3n) is 4.62. The number of benzene rings is 3. The molecule has 0 heterocycles. The Balaban J connectivity index is 1.98. The molecule has 4 heteroatoms. The first-order valence-electron chi connectivity index (χ1n) is 8.74. The van der Waals surface area contributed by atoms with Gasteiger partial charge in [-0.2, -0.15) is 0 Å². The molecule has 0 saturated heterocycles. The molecule has 2 atom stereocenters. The predicted molar refractivity (Wildman–Crippen MR) is 109 cm³/mol. The zero-order valence-electron chi connectivity index (χ0n) is 14.9. The van der Waals surface area contributed by atoms with Crippen LogP contribution in [0.2, 0.25) is 0 Å². The number of hydrogen-bond acceptors (Lipinski definition) is 3. The summed E-state index contributed by atoms with van der Waals surface area (Å²) in [6, 6.07) is 26.8. The summed E-state index contributed by atoms with van der Waals surface area (Å²) in [7, 11) is -3.59. The van der Waals surface area contributed by atoms with Crippen molar-refractivity contribution in [2.24, 2.45) is 5.92 Å². The second-order valence-corrected chi connectivity index (χ2v) is 8.48. The van der Waals surface area contributed by atoms with Crippen LogP contribution >= 0.6 is 0 Å². The fourth-order valence-corrected chi connectivity index (χ4v) is 4.71. The van der Waals surface area contributed by atoms with Gasteiger partial charge in [-0.15, -0.1) is 0 Å². The molecule has 0 radical (unpaired) electrons. The van der Waals surface area contributed by atoms with Crippen LogP contribution in [0.15, 0.2) is 102 Å². The molecular formula is C23H22O3S. The Morgan fingerprint density at radius 3 is 1.85 bits per heavy atom. The van der Waals surface area contributed by atoms with Crippen molar-refractivity contribution in [2.45, 2.75) is 11.0 Å². The summed E-state index contributed by atoms with van der Waals surface area (Å²) in [5, 5.41) is 11.0. The van der Waals surface area contributed by atoms with Gasteiger partial charge in [0.1, 0.15) is 0 Å². The lowest BCUT2D eigenvalue weighted by molar-refractivity contribution is 0.145. The molecule has 3 aromatic rings. The van der Waals surface area contributed by atoms with Gasteiger partial charge in [-0.1, -0.05) is 85.4 Å².